The lowest BCUT2D eigenvalue weighted by Gasteiger charge is -2.26. The van der Waals surface area contributed by atoms with Crippen molar-refractivity contribution in [3.63, 3.8) is 0 Å². The fourth-order valence-corrected chi connectivity index (χ4v) is 3.85. The van der Waals surface area contributed by atoms with E-state index in [1.54, 1.807) is 30.3 Å². The molecule has 1 N–H and O–H groups in total. The Labute approximate surface area is 183 Å². The summed E-state index contributed by atoms with van der Waals surface area (Å²) in [6.07, 6.45) is 0.662. The topological polar surface area (TPSA) is 60.9 Å². The molecule has 3 rings (SSSR count). The zero-order valence-corrected chi connectivity index (χ0v) is 18.7. The average Bonchev–Trinajstić information content (AvgIpc) is 2.95. The number of Topliss-reactive ketones (excluding diaryl/α,β-unsaturated/α-hetero) is 1. The van der Waals surface area contributed by atoms with Crippen LogP contribution in [-0.4, -0.2) is 53.8 Å². The third kappa shape index (κ3) is 4.47. The fraction of sp³-hybridized carbons (Fsp3) is 0.304. The standard InChI is InChI=1S/C23H24BrFN2O3/c1-14-13-16(7-10-18(14)24)21(28)19-20(15-5-8-17(25)9-6-15)27(23(30)22(19)29)12-4-11-26(2)3/h5-10,13,20,28H,4,11-12H2,1-3H3/b21-19-. The molecule has 0 bridgehead atoms. The SMILES string of the molecule is Cc1cc(/C(O)=C2/C(=O)C(=O)N(CCCN(C)C)C2c2ccc(F)cc2)ccc1Br. The van der Waals surface area contributed by atoms with Crippen LogP contribution in [0.1, 0.15) is 29.2 Å². The van der Waals surface area contributed by atoms with Crippen molar-refractivity contribution >= 4 is 33.4 Å². The van der Waals surface area contributed by atoms with Gasteiger partial charge in [0.2, 0.25) is 0 Å². The summed E-state index contributed by atoms with van der Waals surface area (Å²) in [7, 11) is 3.86. The van der Waals surface area contributed by atoms with Crippen LogP contribution in [-0.2, 0) is 9.59 Å². The molecular weight excluding hydrogens is 451 g/mol. The van der Waals surface area contributed by atoms with Crippen molar-refractivity contribution in [3.8, 4) is 0 Å². The first-order chi connectivity index (χ1) is 14.2. The predicted octanol–water partition coefficient (Wildman–Crippen LogP) is 4.27. The number of benzene rings is 2. The molecule has 158 valence electrons. The molecule has 0 saturated carbocycles. The summed E-state index contributed by atoms with van der Waals surface area (Å²) >= 11 is 3.42. The van der Waals surface area contributed by atoms with Crippen molar-refractivity contribution < 1.29 is 19.1 Å². The Morgan fingerprint density at radius 3 is 2.43 bits per heavy atom. The fourth-order valence-electron chi connectivity index (χ4n) is 3.61. The molecule has 1 atom stereocenters. The van der Waals surface area contributed by atoms with E-state index in [1.165, 1.54) is 17.0 Å². The number of hydrogen-bond acceptors (Lipinski definition) is 4. The van der Waals surface area contributed by atoms with Crippen molar-refractivity contribution in [2.24, 2.45) is 0 Å². The van der Waals surface area contributed by atoms with Crippen LogP contribution in [0.25, 0.3) is 5.76 Å². The largest absolute Gasteiger partial charge is 0.507 e. The smallest absolute Gasteiger partial charge is 0.295 e. The molecule has 2 aromatic carbocycles. The van der Waals surface area contributed by atoms with Crippen LogP contribution in [0.15, 0.2) is 52.5 Å². The highest BCUT2D eigenvalue weighted by Crippen LogP contribution is 2.39. The Kier molecular flexibility index (Phi) is 6.73. The van der Waals surface area contributed by atoms with Crippen LogP contribution in [0.3, 0.4) is 0 Å². The van der Waals surface area contributed by atoms with Gasteiger partial charge in [0, 0.05) is 16.6 Å². The first-order valence-electron chi connectivity index (χ1n) is 9.66. The highest BCUT2D eigenvalue weighted by molar-refractivity contribution is 9.10. The van der Waals surface area contributed by atoms with E-state index in [2.05, 4.69) is 15.9 Å². The predicted molar refractivity (Wildman–Crippen MR) is 117 cm³/mol. The van der Waals surface area contributed by atoms with Crippen LogP contribution < -0.4 is 0 Å². The Bertz CT molecular complexity index is 1000. The number of hydrogen-bond donors (Lipinski definition) is 1. The number of aliphatic hydroxyl groups excluding tert-OH is 1. The van der Waals surface area contributed by atoms with Gasteiger partial charge in [-0.3, -0.25) is 9.59 Å². The van der Waals surface area contributed by atoms with Crippen molar-refractivity contribution in [3.05, 3.63) is 75.0 Å². The molecule has 7 heteroatoms. The Morgan fingerprint density at radius 2 is 1.83 bits per heavy atom. The van der Waals surface area contributed by atoms with Crippen molar-refractivity contribution in [1.29, 1.82) is 0 Å². The van der Waals surface area contributed by atoms with Gasteiger partial charge in [0.15, 0.2) is 0 Å². The zero-order chi connectivity index (χ0) is 22.0. The number of carbonyl (C=O) groups excluding carboxylic acids is 2. The number of ketones is 1. The third-order valence-electron chi connectivity index (χ3n) is 5.16. The highest BCUT2D eigenvalue weighted by atomic mass is 79.9. The number of carbonyl (C=O) groups is 2. The summed E-state index contributed by atoms with van der Waals surface area (Å²) in [5.74, 6) is -2.02. The lowest BCUT2D eigenvalue weighted by Crippen LogP contribution is -2.32. The van der Waals surface area contributed by atoms with E-state index in [0.29, 0.717) is 24.1 Å². The van der Waals surface area contributed by atoms with Crippen molar-refractivity contribution in [1.82, 2.24) is 9.80 Å². The van der Waals surface area contributed by atoms with Gasteiger partial charge in [-0.15, -0.1) is 0 Å². The molecule has 1 heterocycles. The van der Waals surface area contributed by atoms with E-state index in [9.17, 15) is 19.1 Å². The van der Waals surface area contributed by atoms with E-state index in [1.807, 2.05) is 25.9 Å². The second kappa shape index (κ2) is 9.10. The van der Waals surface area contributed by atoms with Gasteiger partial charge in [0.25, 0.3) is 11.7 Å². The minimum Gasteiger partial charge on any atom is -0.507 e. The van der Waals surface area contributed by atoms with Gasteiger partial charge in [0.1, 0.15) is 11.6 Å². The summed E-state index contributed by atoms with van der Waals surface area (Å²) < 4.78 is 14.4. The molecule has 1 amide bonds. The molecule has 30 heavy (non-hydrogen) atoms. The van der Waals surface area contributed by atoms with E-state index in [4.69, 9.17) is 0 Å². The minimum absolute atomic E-state index is 0.0261. The first kappa shape index (κ1) is 22.2. The van der Waals surface area contributed by atoms with E-state index in [-0.39, 0.29) is 11.3 Å². The summed E-state index contributed by atoms with van der Waals surface area (Å²) in [5, 5.41) is 11.0. The van der Waals surface area contributed by atoms with Gasteiger partial charge in [-0.1, -0.05) is 34.1 Å². The first-order valence-corrected chi connectivity index (χ1v) is 10.4. The lowest BCUT2D eigenvalue weighted by molar-refractivity contribution is -0.139. The molecular formula is C23H24BrFN2O3. The lowest BCUT2D eigenvalue weighted by atomic mass is 9.95. The van der Waals surface area contributed by atoms with Crippen LogP contribution in [0, 0.1) is 12.7 Å². The monoisotopic (exact) mass is 474 g/mol. The van der Waals surface area contributed by atoms with Gasteiger partial charge in [-0.05, 0) is 69.4 Å². The molecule has 1 aliphatic heterocycles. The maximum absolute atomic E-state index is 13.5. The minimum atomic E-state index is -0.767. The molecule has 0 aromatic heterocycles. The molecule has 0 radical (unpaired) electrons. The molecule has 5 nitrogen and oxygen atoms in total. The average molecular weight is 475 g/mol. The number of aryl methyl sites for hydroxylation is 1. The molecule has 1 unspecified atom stereocenters. The quantitative estimate of drug-likeness (QED) is 0.385. The highest BCUT2D eigenvalue weighted by Gasteiger charge is 2.45. The number of rotatable bonds is 6. The van der Waals surface area contributed by atoms with Gasteiger partial charge in [-0.25, -0.2) is 4.39 Å². The normalized spacial score (nSPS) is 18.5. The maximum atomic E-state index is 13.5. The molecule has 1 aliphatic rings. The maximum Gasteiger partial charge on any atom is 0.295 e. The molecule has 2 aromatic rings. The zero-order valence-electron chi connectivity index (χ0n) is 17.2. The van der Waals surface area contributed by atoms with Crippen LogP contribution in [0.5, 0.6) is 0 Å². The van der Waals surface area contributed by atoms with Gasteiger partial charge in [0.05, 0.1) is 11.6 Å². The Morgan fingerprint density at radius 1 is 1.17 bits per heavy atom. The molecule has 0 aliphatic carbocycles. The Hall–Kier alpha value is -2.51. The van der Waals surface area contributed by atoms with Gasteiger partial charge >= 0.3 is 0 Å². The van der Waals surface area contributed by atoms with Crippen molar-refractivity contribution in [2.45, 2.75) is 19.4 Å². The van der Waals surface area contributed by atoms with Crippen molar-refractivity contribution in [2.75, 3.05) is 27.2 Å². The number of halogens is 2. The van der Waals surface area contributed by atoms with Crippen LogP contribution >= 0.6 is 15.9 Å². The summed E-state index contributed by atoms with van der Waals surface area (Å²) in [6.45, 7) is 2.96. The number of amides is 1. The molecule has 1 saturated heterocycles. The summed E-state index contributed by atoms with van der Waals surface area (Å²) in [5.41, 5.74) is 1.95. The Balaban J connectivity index is 2.10. The van der Waals surface area contributed by atoms with E-state index in [0.717, 1.165) is 16.6 Å². The second-order valence-corrected chi connectivity index (χ2v) is 8.52. The summed E-state index contributed by atoms with van der Waals surface area (Å²) in [4.78, 5) is 29.2. The van der Waals surface area contributed by atoms with Gasteiger partial charge in [-0.2, -0.15) is 0 Å². The van der Waals surface area contributed by atoms with Gasteiger partial charge < -0.3 is 14.9 Å². The number of likely N-dealkylation sites (tertiary alicyclic amines) is 1. The van der Waals surface area contributed by atoms with E-state index < -0.39 is 23.5 Å². The molecule has 0 spiro atoms. The second-order valence-electron chi connectivity index (χ2n) is 7.66. The van der Waals surface area contributed by atoms with Crippen LogP contribution in [0.4, 0.5) is 4.39 Å². The number of nitrogens with zero attached hydrogens (tertiary/aromatic N) is 2. The summed E-state index contributed by atoms with van der Waals surface area (Å²) in [6, 6.07) is 10.1. The third-order valence-corrected chi connectivity index (χ3v) is 6.05. The number of aliphatic hydroxyl groups is 1. The molecule has 1 fully saturated rings. The van der Waals surface area contributed by atoms with Crippen LogP contribution in [0.2, 0.25) is 0 Å². The van der Waals surface area contributed by atoms with E-state index >= 15 is 0 Å².